The molecule has 0 radical (unpaired) electrons. The zero-order valence-corrected chi connectivity index (χ0v) is 20.7. The van der Waals surface area contributed by atoms with E-state index in [0.717, 1.165) is 62.1 Å². The number of hydrogen-bond donors (Lipinski definition) is 0. The molecule has 0 N–H and O–H groups in total. The second-order valence-corrected chi connectivity index (χ2v) is 8.84. The molecular formula is C25H36ClN3O3. The van der Waals surface area contributed by atoms with Crippen molar-refractivity contribution in [2.45, 2.75) is 19.4 Å². The number of ether oxygens (including phenoxy) is 3. The van der Waals surface area contributed by atoms with Crippen LogP contribution in [0.2, 0.25) is 5.02 Å². The Hall–Kier alpha value is -2.15. The minimum Gasteiger partial charge on any atom is -0.493 e. The minimum atomic E-state index is 0.303. The summed E-state index contributed by atoms with van der Waals surface area (Å²) in [5, 5.41) is 0.666. The first-order chi connectivity index (χ1) is 15.4. The van der Waals surface area contributed by atoms with Crippen molar-refractivity contribution in [2.75, 3.05) is 72.5 Å². The zero-order valence-electron chi connectivity index (χ0n) is 19.9. The van der Waals surface area contributed by atoms with Gasteiger partial charge in [0, 0.05) is 50.5 Å². The van der Waals surface area contributed by atoms with Gasteiger partial charge in [0.1, 0.15) is 5.75 Å². The van der Waals surface area contributed by atoms with E-state index in [-0.39, 0.29) is 0 Å². The molecule has 1 heterocycles. The van der Waals surface area contributed by atoms with Gasteiger partial charge in [-0.05, 0) is 57.3 Å². The van der Waals surface area contributed by atoms with Crippen LogP contribution in [0.3, 0.4) is 0 Å². The number of nitrogens with zero attached hydrogens (tertiary/aromatic N) is 3. The second kappa shape index (κ2) is 11.6. The van der Waals surface area contributed by atoms with Gasteiger partial charge in [-0.25, -0.2) is 0 Å². The normalized spacial score (nSPS) is 15.7. The molecule has 1 aliphatic rings. The average molecular weight is 462 g/mol. The van der Waals surface area contributed by atoms with E-state index in [1.165, 1.54) is 5.56 Å². The highest BCUT2D eigenvalue weighted by Gasteiger charge is 2.23. The lowest BCUT2D eigenvalue weighted by molar-refractivity contribution is 0.198. The van der Waals surface area contributed by atoms with Crippen molar-refractivity contribution in [2.24, 2.45) is 0 Å². The fourth-order valence-corrected chi connectivity index (χ4v) is 4.23. The number of anilines is 1. The molecule has 1 unspecified atom stereocenters. The van der Waals surface area contributed by atoms with Gasteiger partial charge in [0.2, 0.25) is 0 Å². The molecule has 0 amide bonds. The molecule has 7 heteroatoms. The number of methoxy groups -OCH3 is 2. The van der Waals surface area contributed by atoms with E-state index in [9.17, 15) is 0 Å². The first kappa shape index (κ1) is 24.5. The van der Waals surface area contributed by atoms with Crippen LogP contribution in [-0.2, 0) is 0 Å². The van der Waals surface area contributed by atoms with Gasteiger partial charge in [-0.1, -0.05) is 17.7 Å². The molecule has 0 saturated carbocycles. The summed E-state index contributed by atoms with van der Waals surface area (Å²) in [5.41, 5.74) is 2.39. The SMILES string of the molecule is COc1ccc(C(C)N2CCN(c3ccc(Cl)c(OCCCN(C)C)c3)CC2)cc1OC. The minimum absolute atomic E-state index is 0.303. The molecular weight excluding hydrogens is 426 g/mol. The lowest BCUT2D eigenvalue weighted by atomic mass is 10.0. The zero-order chi connectivity index (χ0) is 23.1. The molecule has 32 heavy (non-hydrogen) atoms. The van der Waals surface area contributed by atoms with Crippen molar-refractivity contribution in [1.82, 2.24) is 9.80 Å². The molecule has 0 spiro atoms. The fraction of sp³-hybridized carbons (Fsp3) is 0.520. The van der Waals surface area contributed by atoms with Crippen molar-refractivity contribution in [1.29, 1.82) is 0 Å². The van der Waals surface area contributed by atoms with E-state index in [1.807, 2.05) is 12.1 Å². The highest BCUT2D eigenvalue weighted by Crippen LogP contribution is 2.33. The molecule has 1 aliphatic heterocycles. The summed E-state index contributed by atoms with van der Waals surface area (Å²) in [6.45, 7) is 7.79. The van der Waals surface area contributed by atoms with Crippen molar-refractivity contribution in [3.63, 3.8) is 0 Å². The van der Waals surface area contributed by atoms with Gasteiger partial charge in [-0.15, -0.1) is 0 Å². The van der Waals surface area contributed by atoms with Gasteiger partial charge in [0.25, 0.3) is 0 Å². The fourth-order valence-electron chi connectivity index (χ4n) is 4.05. The monoisotopic (exact) mass is 461 g/mol. The van der Waals surface area contributed by atoms with Gasteiger partial charge in [0.05, 0.1) is 25.8 Å². The maximum absolute atomic E-state index is 6.37. The van der Waals surface area contributed by atoms with Gasteiger partial charge in [0.15, 0.2) is 11.5 Å². The van der Waals surface area contributed by atoms with Crippen molar-refractivity contribution < 1.29 is 14.2 Å². The van der Waals surface area contributed by atoms with E-state index in [4.69, 9.17) is 25.8 Å². The molecule has 176 valence electrons. The van der Waals surface area contributed by atoms with Crippen LogP contribution in [-0.4, -0.2) is 77.4 Å². The molecule has 0 aromatic heterocycles. The van der Waals surface area contributed by atoms with Crippen molar-refractivity contribution >= 4 is 17.3 Å². The number of benzene rings is 2. The van der Waals surface area contributed by atoms with Crippen LogP contribution in [0.5, 0.6) is 17.2 Å². The number of rotatable bonds is 10. The van der Waals surface area contributed by atoms with Gasteiger partial charge >= 0.3 is 0 Å². The van der Waals surface area contributed by atoms with Crippen molar-refractivity contribution in [3.05, 3.63) is 47.0 Å². The molecule has 2 aromatic carbocycles. The maximum atomic E-state index is 6.37. The Kier molecular flexibility index (Phi) is 8.91. The van der Waals surface area contributed by atoms with E-state index < -0.39 is 0 Å². The predicted molar refractivity (Wildman–Crippen MR) is 132 cm³/mol. The molecule has 0 aliphatic carbocycles. The van der Waals surface area contributed by atoms with E-state index in [0.29, 0.717) is 17.7 Å². The Morgan fingerprint density at radius 1 is 0.938 bits per heavy atom. The van der Waals surface area contributed by atoms with E-state index in [2.05, 4.69) is 60.0 Å². The predicted octanol–water partition coefficient (Wildman–Crippen LogP) is 4.57. The Labute approximate surface area is 197 Å². The smallest absolute Gasteiger partial charge is 0.161 e. The quantitative estimate of drug-likeness (QED) is 0.482. The maximum Gasteiger partial charge on any atom is 0.161 e. The van der Waals surface area contributed by atoms with E-state index >= 15 is 0 Å². The summed E-state index contributed by atoms with van der Waals surface area (Å²) in [7, 11) is 7.48. The largest absolute Gasteiger partial charge is 0.493 e. The second-order valence-electron chi connectivity index (χ2n) is 8.43. The van der Waals surface area contributed by atoms with Crippen LogP contribution >= 0.6 is 11.6 Å². The Morgan fingerprint density at radius 2 is 1.66 bits per heavy atom. The van der Waals surface area contributed by atoms with Crippen LogP contribution in [0.1, 0.15) is 24.9 Å². The van der Waals surface area contributed by atoms with Crippen LogP contribution in [0.25, 0.3) is 0 Å². The van der Waals surface area contributed by atoms with E-state index in [1.54, 1.807) is 14.2 Å². The molecule has 2 aromatic rings. The number of piperazine rings is 1. The molecule has 1 saturated heterocycles. The summed E-state index contributed by atoms with van der Waals surface area (Å²) in [5.74, 6) is 2.30. The number of halogens is 1. The molecule has 6 nitrogen and oxygen atoms in total. The summed E-state index contributed by atoms with van der Waals surface area (Å²) < 4.78 is 16.8. The average Bonchev–Trinajstić information content (AvgIpc) is 2.82. The third-order valence-corrected chi connectivity index (χ3v) is 6.35. The molecule has 3 rings (SSSR count). The van der Waals surface area contributed by atoms with Crippen LogP contribution in [0.15, 0.2) is 36.4 Å². The molecule has 1 fully saturated rings. The van der Waals surface area contributed by atoms with Crippen LogP contribution in [0, 0.1) is 0 Å². The standard InChI is InChI=1S/C25H36ClN3O3/c1-19(20-7-10-23(30-4)25(17-20)31-5)28-12-14-29(15-13-28)21-8-9-22(26)24(18-21)32-16-6-11-27(2)3/h7-10,17-19H,6,11-16H2,1-5H3. The van der Waals surface area contributed by atoms with Gasteiger partial charge in [-0.3, -0.25) is 4.90 Å². The summed E-state index contributed by atoms with van der Waals surface area (Å²) in [4.78, 5) is 7.07. The lowest BCUT2D eigenvalue weighted by Crippen LogP contribution is -2.47. The van der Waals surface area contributed by atoms with Crippen LogP contribution in [0.4, 0.5) is 5.69 Å². The third-order valence-electron chi connectivity index (χ3n) is 6.04. The topological polar surface area (TPSA) is 37.4 Å². The Morgan fingerprint density at radius 3 is 2.31 bits per heavy atom. The van der Waals surface area contributed by atoms with Crippen molar-refractivity contribution in [3.8, 4) is 17.2 Å². The van der Waals surface area contributed by atoms with Crippen LogP contribution < -0.4 is 19.1 Å². The Bertz CT molecular complexity index is 870. The summed E-state index contributed by atoms with van der Waals surface area (Å²) >= 11 is 6.37. The van der Waals surface area contributed by atoms with Gasteiger partial charge < -0.3 is 24.0 Å². The summed E-state index contributed by atoms with van der Waals surface area (Å²) in [6, 6.07) is 12.6. The molecule has 0 bridgehead atoms. The third kappa shape index (κ3) is 6.21. The first-order valence-electron chi connectivity index (χ1n) is 11.2. The molecule has 1 atom stereocenters. The Balaban J connectivity index is 1.59. The highest BCUT2D eigenvalue weighted by molar-refractivity contribution is 6.32. The lowest BCUT2D eigenvalue weighted by Gasteiger charge is -2.39. The number of hydrogen-bond acceptors (Lipinski definition) is 6. The van der Waals surface area contributed by atoms with Gasteiger partial charge in [-0.2, -0.15) is 0 Å². The highest BCUT2D eigenvalue weighted by atomic mass is 35.5. The first-order valence-corrected chi connectivity index (χ1v) is 11.6. The summed E-state index contributed by atoms with van der Waals surface area (Å²) in [6.07, 6.45) is 0.972.